The third-order valence-electron chi connectivity index (χ3n) is 3.86. The lowest BCUT2D eigenvalue weighted by Crippen LogP contribution is -2.49. The van der Waals surface area contributed by atoms with E-state index in [4.69, 9.17) is 4.43 Å². The molecule has 0 aromatic carbocycles. The van der Waals surface area contributed by atoms with Crippen molar-refractivity contribution in [1.82, 2.24) is 10.6 Å². The van der Waals surface area contributed by atoms with Crippen molar-refractivity contribution < 1.29 is 4.43 Å². The molecule has 4 heteroatoms. The van der Waals surface area contributed by atoms with Gasteiger partial charge in [-0.3, -0.25) is 0 Å². The van der Waals surface area contributed by atoms with E-state index in [1.54, 1.807) is 0 Å². The smallest absolute Gasteiger partial charge is 0.191 e. The van der Waals surface area contributed by atoms with Crippen molar-refractivity contribution >= 4 is 8.32 Å². The summed E-state index contributed by atoms with van der Waals surface area (Å²) in [6.07, 6.45) is 1.12. The molecule has 1 heterocycles. The van der Waals surface area contributed by atoms with Crippen LogP contribution in [0, 0.1) is 0 Å². The molecule has 1 aliphatic rings. The topological polar surface area (TPSA) is 33.3 Å². The van der Waals surface area contributed by atoms with Crippen LogP contribution in [0.3, 0.4) is 0 Å². The Balaban J connectivity index is 2.23. The summed E-state index contributed by atoms with van der Waals surface area (Å²) in [5, 5.41) is 7.25. The zero-order chi connectivity index (χ0) is 12.2. The molecule has 0 aromatic heterocycles. The highest BCUT2D eigenvalue weighted by Crippen LogP contribution is 2.36. The number of nitrogens with one attached hydrogen (secondary N) is 2. The van der Waals surface area contributed by atoms with Crippen LogP contribution in [0.15, 0.2) is 0 Å². The van der Waals surface area contributed by atoms with Gasteiger partial charge in [-0.15, -0.1) is 0 Å². The Kier molecular flexibility index (Phi) is 4.98. The summed E-state index contributed by atoms with van der Waals surface area (Å²) < 4.78 is 6.17. The largest absolute Gasteiger partial charge is 0.417 e. The molecule has 0 aromatic rings. The van der Waals surface area contributed by atoms with E-state index in [2.05, 4.69) is 44.5 Å². The second kappa shape index (κ2) is 5.62. The third-order valence-corrected chi connectivity index (χ3v) is 8.40. The molecule has 0 aliphatic carbocycles. The number of hydrogen-bond donors (Lipinski definition) is 2. The van der Waals surface area contributed by atoms with Gasteiger partial charge < -0.3 is 15.1 Å². The van der Waals surface area contributed by atoms with Crippen molar-refractivity contribution in [2.75, 3.05) is 26.2 Å². The molecule has 1 rings (SSSR count). The summed E-state index contributed by atoms with van der Waals surface area (Å²) >= 11 is 0. The van der Waals surface area contributed by atoms with Gasteiger partial charge in [0, 0.05) is 32.3 Å². The molecule has 0 saturated carbocycles. The lowest BCUT2D eigenvalue weighted by Gasteiger charge is -2.36. The minimum absolute atomic E-state index is 0.325. The molecule has 0 radical (unpaired) electrons. The van der Waals surface area contributed by atoms with Gasteiger partial charge in [-0.1, -0.05) is 20.8 Å². The molecule has 2 N–H and O–H groups in total. The van der Waals surface area contributed by atoms with Gasteiger partial charge in [0.25, 0.3) is 0 Å². The van der Waals surface area contributed by atoms with Crippen LogP contribution in [-0.4, -0.2) is 40.6 Å². The van der Waals surface area contributed by atoms with E-state index in [1.807, 2.05) is 0 Å². The lowest BCUT2D eigenvalue weighted by molar-refractivity contribution is 0.253. The van der Waals surface area contributed by atoms with E-state index in [-0.39, 0.29) is 0 Å². The highest BCUT2D eigenvalue weighted by atomic mass is 28.4. The Morgan fingerprint density at radius 1 is 1.25 bits per heavy atom. The fraction of sp³-hybridized carbons (Fsp3) is 1.00. The molecule has 0 bridgehead atoms. The van der Waals surface area contributed by atoms with E-state index < -0.39 is 8.32 Å². The van der Waals surface area contributed by atoms with Crippen LogP contribution in [-0.2, 0) is 4.43 Å². The monoisotopic (exact) mass is 244 g/mol. The van der Waals surface area contributed by atoms with Crippen molar-refractivity contribution in [2.24, 2.45) is 0 Å². The van der Waals surface area contributed by atoms with Crippen molar-refractivity contribution in [1.29, 1.82) is 0 Å². The van der Waals surface area contributed by atoms with E-state index in [9.17, 15) is 0 Å². The van der Waals surface area contributed by atoms with Crippen LogP contribution in [0.5, 0.6) is 0 Å². The molecule has 0 amide bonds. The number of piperazine rings is 1. The molecule has 96 valence electrons. The Hall–Kier alpha value is 0.0969. The zero-order valence-electron chi connectivity index (χ0n) is 11.5. The van der Waals surface area contributed by atoms with Gasteiger partial charge in [0.15, 0.2) is 8.32 Å². The molecule has 1 atom stereocenters. The Bertz CT molecular complexity index is 208. The van der Waals surface area contributed by atoms with E-state index in [0.29, 0.717) is 11.1 Å². The normalized spacial score (nSPS) is 23.4. The van der Waals surface area contributed by atoms with Crippen LogP contribution in [0.1, 0.15) is 27.2 Å². The summed E-state index contributed by atoms with van der Waals surface area (Å²) in [5.74, 6) is 0. The van der Waals surface area contributed by atoms with Gasteiger partial charge >= 0.3 is 0 Å². The number of hydrogen-bond acceptors (Lipinski definition) is 3. The summed E-state index contributed by atoms with van der Waals surface area (Å²) in [4.78, 5) is 0. The molecule has 1 saturated heterocycles. The second-order valence-electron chi connectivity index (χ2n) is 6.25. The summed E-state index contributed by atoms with van der Waals surface area (Å²) in [6.45, 7) is 15.7. The highest BCUT2D eigenvalue weighted by molar-refractivity contribution is 6.74. The van der Waals surface area contributed by atoms with Gasteiger partial charge in [-0.05, 0) is 24.6 Å². The second-order valence-corrected chi connectivity index (χ2v) is 11.1. The first kappa shape index (κ1) is 14.2. The van der Waals surface area contributed by atoms with Crippen molar-refractivity contribution in [3.05, 3.63) is 0 Å². The zero-order valence-corrected chi connectivity index (χ0v) is 12.5. The fourth-order valence-electron chi connectivity index (χ4n) is 1.59. The van der Waals surface area contributed by atoms with Crippen LogP contribution in [0.2, 0.25) is 18.1 Å². The number of rotatable bonds is 4. The molecule has 1 aliphatic heterocycles. The first-order valence-corrected chi connectivity index (χ1v) is 9.32. The molecule has 1 fully saturated rings. The summed E-state index contributed by atoms with van der Waals surface area (Å²) in [7, 11) is -1.54. The van der Waals surface area contributed by atoms with E-state index in [0.717, 1.165) is 32.7 Å². The maximum atomic E-state index is 6.17. The summed E-state index contributed by atoms with van der Waals surface area (Å²) in [6, 6.07) is 0.596. The SMILES string of the molecule is CC(C)(C)[Si](C)(C)OCCC1CNCCN1. The van der Waals surface area contributed by atoms with E-state index >= 15 is 0 Å². The minimum atomic E-state index is -1.54. The van der Waals surface area contributed by atoms with Crippen molar-refractivity contribution in [3.8, 4) is 0 Å². The van der Waals surface area contributed by atoms with Crippen LogP contribution >= 0.6 is 0 Å². The maximum Gasteiger partial charge on any atom is 0.191 e. The molecule has 0 spiro atoms. The summed E-state index contributed by atoms with van der Waals surface area (Å²) in [5.41, 5.74) is 0. The average Bonchev–Trinajstić information content (AvgIpc) is 2.17. The van der Waals surface area contributed by atoms with E-state index in [1.165, 1.54) is 0 Å². The predicted octanol–water partition coefficient (Wildman–Crippen LogP) is 1.96. The van der Waals surface area contributed by atoms with Gasteiger partial charge in [0.1, 0.15) is 0 Å². The quantitative estimate of drug-likeness (QED) is 0.742. The van der Waals surface area contributed by atoms with Gasteiger partial charge in [0.2, 0.25) is 0 Å². The minimum Gasteiger partial charge on any atom is -0.417 e. The maximum absolute atomic E-state index is 6.17. The molecular weight excluding hydrogens is 216 g/mol. The van der Waals surface area contributed by atoms with Crippen molar-refractivity contribution in [2.45, 2.75) is 51.4 Å². The van der Waals surface area contributed by atoms with Crippen LogP contribution in [0.4, 0.5) is 0 Å². The van der Waals surface area contributed by atoms with Gasteiger partial charge in [-0.25, -0.2) is 0 Å². The third kappa shape index (κ3) is 4.16. The van der Waals surface area contributed by atoms with Crippen LogP contribution < -0.4 is 10.6 Å². The molecule has 3 nitrogen and oxygen atoms in total. The lowest BCUT2D eigenvalue weighted by atomic mass is 10.2. The predicted molar refractivity (Wildman–Crippen MR) is 72.4 cm³/mol. The van der Waals surface area contributed by atoms with Crippen LogP contribution in [0.25, 0.3) is 0 Å². The first-order valence-electron chi connectivity index (χ1n) is 6.41. The van der Waals surface area contributed by atoms with Crippen molar-refractivity contribution in [3.63, 3.8) is 0 Å². The molecule has 16 heavy (non-hydrogen) atoms. The molecular formula is C12H28N2OSi. The molecule has 1 unspecified atom stereocenters. The van der Waals surface area contributed by atoms with Gasteiger partial charge in [0.05, 0.1) is 0 Å². The first-order chi connectivity index (χ1) is 7.33. The standard InChI is InChI=1S/C12H28N2OSi/c1-12(2,3)16(4,5)15-9-6-11-10-13-7-8-14-11/h11,13-14H,6-10H2,1-5H3. The average molecular weight is 244 g/mol. The Morgan fingerprint density at radius 3 is 2.44 bits per heavy atom. The highest BCUT2D eigenvalue weighted by Gasteiger charge is 2.36. The van der Waals surface area contributed by atoms with Gasteiger partial charge in [-0.2, -0.15) is 0 Å². The Morgan fingerprint density at radius 2 is 1.94 bits per heavy atom. The fourth-order valence-corrected chi connectivity index (χ4v) is 2.65. The Labute approximate surface area is 101 Å².